The zero-order chi connectivity index (χ0) is 16.1. The van der Waals surface area contributed by atoms with Gasteiger partial charge in [-0.2, -0.15) is 4.31 Å². The molecule has 1 fully saturated rings. The van der Waals surface area contributed by atoms with Crippen LogP contribution in [0, 0.1) is 0 Å². The Balaban J connectivity index is 1.87. The second-order valence-corrected chi connectivity index (χ2v) is 7.54. The summed E-state index contributed by atoms with van der Waals surface area (Å²) in [6.07, 6.45) is 4.80. The lowest BCUT2D eigenvalue weighted by Crippen LogP contribution is -2.37. The molecule has 1 saturated heterocycles. The third-order valence-corrected chi connectivity index (χ3v) is 5.70. The van der Waals surface area contributed by atoms with Crippen LogP contribution in [0.3, 0.4) is 0 Å². The molecule has 0 saturated carbocycles. The van der Waals surface area contributed by atoms with Crippen molar-refractivity contribution in [2.24, 2.45) is 0 Å². The third kappa shape index (κ3) is 3.96. The quantitative estimate of drug-likeness (QED) is 0.815. The van der Waals surface area contributed by atoms with E-state index in [0.717, 1.165) is 18.4 Å². The summed E-state index contributed by atoms with van der Waals surface area (Å²) in [6.45, 7) is 1.40. The average molecular weight is 332 g/mol. The molecule has 23 heavy (non-hydrogen) atoms. The number of sulfonamides is 1. The number of hydrogen-bond donors (Lipinski definition) is 0. The van der Waals surface area contributed by atoms with Gasteiger partial charge >= 0.3 is 0 Å². The van der Waals surface area contributed by atoms with Gasteiger partial charge < -0.3 is 4.74 Å². The van der Waals surface area contributed by atoms with Gasteiger partial charge in [0, 0.05) is 32.1 Å². The molecule has 1 aromatic heterocycles. The van der Waals surface area contributed by atoms with Crippen molar-refractivity contribution in [2.45, 2.75) is 30.4 Å². The molecule has 1 aliphatic heterocycles. The van der Waals surface area contributed by atoms with Crippen molar-refractivity contribution in [3.63, 3.8) is 0 Å². The van der Waals surface area contributed by atoms with Gasteiger partial charge in [0.05, 0.1) is 6.10 Å². The zero-order valence-corrected chi connectivity index (χ0v) is 13.7. The molecule has 2 heterocycles. The predicted octanol–water partition coefficient (Wildman–Crippen LogP) is 2.45. The number of benzene rings is 1. The number of rotatable bonds is 6. The van der Waals surface area contributed by atoms with Gasteiger partial charge in [0.25, 0.3) is 0 Å². The van der Waals surface area contributed by atoms with Crippen molar-refractivity contribution >= 4 is 10.0 Å². The largest absolute Gasteiger partial charge is 0.377 e. The van der Waals surface area contributed by atoms with Crippen LogP contribution in [0.1, 0.15) is 18.4 Å². The summed E-state index contributed by atoms with van der Waals surface area (Å²) in [5, 5.41) is 0. The molecule has 0 aliphatic carbocycles. The van der Waals surface area contributed by atoms with Gasteiger partial charge in [0.15, 0.2) is 0 Å². The third-order valence-electron chi connectivity index (χ3n) is 3.91. The van der Waals surface area contributed by atoms with Crippen molar-refractivity contribution < 1.29 is 13.2 Å². The van der Waals surface area contributed by atoms with E-state index < -0.39 is 10.0 Å². The van der Waals surface area contributed by atoms with Gasteiger partial charge in [-0.15, -0.1) is 0 Å². The molecule has 1 aromatic carbocycles. The van der Waals surface area contributed by atoms with E-state index in [1.165, 1.54) is 10.5 Å². The first kappa shape index (κ1) is 16.1. The normalized spacial score (nSPS) is 18.4. The Kier molecular flexibility index (Phi) is 5.05. The van der Waals surface area contributed by atoms with Crippen molar-refractivity contribution in [1.82, 2.24) is 9.29 Å². The summed E-state index contributed by atoms with van der Waals surface area (Å²) in [6, 6.07) is 12.8. The fourth-order valence-corrected chi connectivity index (χ4v) is 4.12. The molecule has 122 valence electrons. The van der Waals surface area contributed by atoms with Crippen molar-refractivity contribution in [1.29, 1.82) is 0 Å². The highest BCUT2D eigenvalue weighted by Gasteiger charge is 2.29. The molecule has 3 rings (SSSR count). The van der Waals surface area contributed by atoms with Crippen molar-refractivity contribution in [3.8, 4) is 0 Å². The van der Waals surface area contributed by atoms with Crippen LogP contribution in [-0.4, -0.2) is 37.0 Å². The SMILES string of the molecule is O=S(=O)(c1cccnc1)N(Cc1ccccc1)C[C@H]1CCCO1. The van der Waals surface area contributed by atoms with Crippen LogP contribution in [0.2, 0.25) is 0 Å². The number of pyridine rings is 1. The van der Waals surface area contributed by atoms with Crippen LogP contribution >= 0.6 is 0 Å². The van der Waals surface area contributed by atoms with Gasteiger partial charge in [-0.3, -0.25) is 4.98 Å². The minimum atomic E-state index is -3.60. The molecule has 0 amide bonds. The lowest BCUT2D eigenvalue weighted by Gasteiger charge is -2.24. The van der Waals surface area contributed by atoms with Gasteiger partial charge in [0.2, 0.25) is 10.0 Å². The number of hydrogen-bond acceptors (Lipinski definition) is 4. The van der Waals surface area contributed by atoms with Crippen LogP contribution in [0.15, 0.2) is 59.8 Å². The molecular formula is C17H20N2O3S. The molecular weight excluding hydrogens is 312 g/mol. The Morgan fingerprint density at radius 1 is 1.17 bits per heavy atom. The predicted molar refractivity (Wildman–Crippen MR) is 87.2 cm³/mol. The van der Waals surface area contributed by atoms with Gasteiger partial charge in [0.1, 0.15) is 4.90 Å². The Morgan fingerprint density at radius 3 is 2.65 bits per heavy atom. The second kappa shape index (κ2) is 7.21. The van der Waals surface area contributed by atoms with Gasteiger partial charge in [-0.25, -0.2) is 8.42 Å². The summed E-state index contributed by atoms with van der Waals surface area (Å²) in [5.74, 6) is 0. The first-order valence-corrected chi connectivity index (χ1v) is 9.16. The van der Waals surface area contributed by atoms with Gasteiger partial charge in [-0.1, -0.05) is 30.3 Å². The Hall–Kier alpha value is -1.76. The molecule has 2 aromatic rings. The van der Waals surface area contributed by atoms with Crippen LogP contribution in [0.5, 0.6) is 0 Å². The molecule has 0 unspecified atom stereocenters. The van der Waals surface area contributed by atoms with Crippen LogP contribution in [0.25, 0.3) is 0 Å². The average Bonchev–Trinajstić information content (AvgIpc) is 3.09. The molecule has 0 bridgehead atoms. The van der Waals surface area contributed by atoms with Crippen LogP contribution in [0.4, 0.5) is 0 Å². The monoisotopic (exact) mass is 332 g/mol. The molecule has 1 atom stereocenters. The minimum Gasteiger partial charge on any atom is -0.377 e. The van der Waals surface area contributed by atoms with E-state index in [1.54, 1.807) is 18.3 Å². The molecule has 0 radical (unpaired) electrons. The maximum atomic E-state index is 13.0. The second-order valence-electron chi connectivity index (χ2n) is 5.61. The lowest BCUT2D eigenvalue weighted by molar-refractivity contribution is 0.0926. The Morgan fingerprint density at radius 2 is 2.00 bits per heavy atom. The van der Waals surface area contributed by atoms with E-state index in [2.05, 4.69) is 4.98 Å². The summed E-state index contributed by atoms with van der Waals surface area (Å²) in [5.41, 5.74) is 0.956. The van der Waals surface area contributed by atoms with E-state index in [9.17, 15) is 8.42 Å². The van der Waals surface area contributed by atoms with E-state index in [0.29, 0.717) is 19.7 Å². The van der Waals surface area contributed by atoms with Crippen LogP contribution < -0.4 is 0 Å². The molecule has 6 heteroatoms. The maximum Gasteiger partial charge on any atom is 0.244 e. The molecule has 0 spiro atoms. The molecule has 5 nitrogen and oxygen atoms in total. The first-order valence-electron chi connectivity index (χ1n) is 7.72. The maximum absolute atomic E-state index is 13.0. The smallest absolute Gasteiger partial charge is 0.244 e. The lowest BCUT2D eigenvalue weighted by atomic mass is 10.2. The summed E-state index contributed by atoms with van der Waals surface area (Å²) < 4.78 is 33.0. The van der Waals surface area contributed by atoms with Crippen LogP contribution in [-0.2, 0) is 21.3 Å². The van der Waals surface area contributed by atoms with Crippen molar-refractivity contribution in [2.75, 3.05) is 13.2 Å². The first-order chi connectivity index (χ1) is 11.2. The number of aromatic nitrogens is 1. The Labute approximate surface area is 137 Å². The van der Waals surface area contributed by atoms with E-state index in [1.807, 2.05) is 30.3 Å². The summed E-state index contributed by atoms with van der Waals surface area (Å²) >= 11 is 0. The number of ether oxygens (including phenoxy) is 1. The number of nitrogens with zero attached hydrogens (tertiary/aromatic N) is 2. The summed E-state index contributed by atoms with van der Waals surface area (Å²) in [4.78, 5) is 4.15. The standard InChI is InChI=1S/C17H20N2O3S/c20-23(21,17-9-4-10-18-12-17)19(14-16-8-5-11-22-16)13-15-6-2-1-3-7-15/h1-4,6-7,9-10,12,16H,5,8,11,13-14H2/t16-/m1/s1. The van der Waals surface area contributed by atoms with E-state index in [-0.39, 0.29) is 11.0 Å². The van der Waals surface area contributed by atoms with Crippen molar-refractivity contribution in [3.05, 3.63) is 60.4 Å². The van der Waals surface area contributed by atoms with E-state index >= 15 is 0 Å². The van der Waals surface area contributed by atoms with E-state index in [4.69, 9.17) is 4.74 Å². The molecule has 1 aliphatic rings. The fraction of sp³-hybridized carbons (Fsp3) is 0.353. The highest BCUT2D eigenvalue weighted by Crippen LogP contribution is 2.21. The topological polar surface area (TPSA) is 59.5 Å². The molecule has 0 N–H and O–H groups in total. The van der Waals surface area contributed by atoms with Gasteiger partial charge in [-0.05, 0) is 30.5 Å². The highest BCUT2D eigenvalue weighted by atomic mass is 32.2. The Bertz CT molecular complexity index is 714. The highest BCUT2D eigenvalue weighted by molar-refractivity contribution is 7.89. The summed E-state index contributed by atoms with van der Waals surface area (Å²) in [7, 11) is -3.60. The minimum absolute atomic E-state index is 0.0369. The zero-order valence-electron chi connectivity index (χ0n) is 12.8. The fourth-order valence-electron chi connectivity index (χ4n) is 2.70.